The molecule has 0 fully saturated rings. The summed E-state index contributed by atoms with van der Waals surface area (Å²) in [7, 11) is 0. The first-order valence-corrected chi connectivity index (χ1v) is 0. The summed E-state index contributed by atoms with van der Waals surface area (Å²) in [6, 6.07) is 0. The summed E-state index contributed by atoms with van der Waals surface area (Å²) < 4.78 is 0. The molecule has 0 aliphatic rings. The van der Waals surface area contributed by atoms with Crippen LogP contribution in [0.1, 0.15) is 0 Å². The molecule has 0 saturated carbocycles. The topological polar surface area (TPSA) is 0 Å². The first kappa shape index (κ1) is 49.7. The molecular formula is AlAsGa2In2. The summed E-state index contributed by atoms with van der Waals surface area (Å²) in [6.07, 6.45) is 0. The van der Waals surface area contributed by atoms with Gasteiger partial charge >= 0.3 is 39.6 Å². The molecule has 0 aromatic rings. The van der Waals surface area contributed by atoms with Crippen LogP contribution in [-0.4, -0.2) is 127 Å². The van der Waals surface area contributed by atoms with Gasteiger partial charge in [-0.3, -0.25) is 0 Å². The quantitative estimate of drug-likeness (QED) is 0.350. The summed E-state index contributed by atoms with van der Waals surface area (Å²) >= 11 is 0. The summed E-state index contributed by atoms with van der Waals surface area (Å²) in [5.41, 5.74) is 0. The average Bonchev–Trinajstić information content (AvgIpc) is 0. The zero-order valence-corrected chi connectivity index (χ0v) is 17.8. The number of hydrogen-bond donors (Lipinski definition) is 0. The van der Waals surface area contributed by atoms with Crippen molar-refractivity contribution in [3.05, 3.63) is 0 Å². The minimum absolute atomic E-state index is 0. The zero-order valence-electron chi connectivity index (χ0n) is 3.33. The Bertz CT molecular complexity index is 11.5. The van der Waals surface area contributed by atoms with Gasteiger partial charge < -0.3 is 35.3 Å². The third-order valence-corrected chi connectivity index (χ3v) is 0. The maximum atomic E-state index is 0. The predicted octanol–water partition coefficient (Wildman–Crippen LogP) is -2.28. The monoisotopic (exact) mass is 470 g/mol. The molecule has 6 heavy (non-hydrogen) atoms. The van der Waals surface area contributed by atoms with Gasteiger partial charge in [0, 0.05) is 51.7 Å². The van der Waals surface area contributed by atoms with E-state index in [0.717, 1.165) is 0 Å². The van der Waals surface area contributed by atoms with Crippen LogP contribution < -0.4 is 0 Å². The van der Waals surface area contributed by atoms with E-state index < -0.39 is 0 Å². The molecule has 0 aromatic heterocycles. The first-order valence-electron chi connectivity index (χ1n) is 0. The van der Waals surface area contributed by atoms with Crippen LogP contribution in [-0.2, 0) is 0 Å². The maximum Gasteiger partial charge on any atom is 3.00 e. The predicted molar refractivity (Wildman–Crippen MR) is 34.5 cm³/mol. The van der Waals surface area contributed by atoms with E-state index in [2.05, 4.69) is 0 Å². The third kappa shape index (κ3) is 24.3. The molecule has 0 aromatic carbocycles. The van der Waals surface area contributed by atoms with E-state index in [-0.39, 0.29) is 127 Å². The Morgan fingerprint density at radius 1 is 0.667 bits per heavy atom. The van der Waals surface area contributed by atoms with Crippen molar-refractivity contribution in [2.45, 2.75) is 0 Å². The normalized spacial score (nSPS) is 0. The van der Waals surface area contributed by atoms with Gasteiger partial charge in [0.25, 0.3) is 0 Å². The van der Waals surface area contributed by atoms with Gasteiger partial charge in [-0.25, -0.2) is 0 Å². The Hall–Kier alpha value is 4.10. The molecule has 0 rings (SSSR count). The molecule has 8 radical (unpaired) electrons. The minimum atomic E-state index is 0. The fourth-order valence-corrected chi connectivity index (χ4v) is 0. The van der Waals surface area contributed by atoms with Gasteiger partial charge in [0.15, 0.2) is 0 Å². The van der Waals surface area contributed by atoms with Gasteiger partial charge in [0.2, 0.25) is 0 Å². The van der Waals surface area contributed by atoms with E-state index in [1.54, 1.807) is 0 Å². The summed E-state index contributed by atoms with van der Waals surface area (Å²) in [5.74, 6) is 0. The van der Waals surface area contributed by atoms with Gasteiger partial charge in [-0.15, -0.1) is 0 Å². The molecule has 0 aliphatic carbocycles. The Morgan fingerprint density at radius 3 is 0.667 bits per heavy atom. The Labute approximate surface area is 124 Å². The molecule has 0 spiro atoms. The van der Waals surface area contributed by atoms with Crippen molar-refractivity contribution < 1.29 is 0 Å². The van der Waals surface area contributed by atoms with Gasteiger partial charge in [-0.2, -0.15) is 0 Å². The van der Waals surface area contributed by atoms with Crippen LogP contribution in [0.2, 0.25) is 0 Å². The van der Waals surface area contributed by atoms with Crippen LogP contribution in [0.4, 0.5) is 0 Å². The first-order chi connectivity index (χ1) is 0. The summed E-state index contributed by atoms with van der Waals surface area (Å²) in [5, 5.41) is 0. The summed E-state index contributed by atoms with van der Waals surface area (Å²) in [6.45, 7) is 0. The molecule has 0 aliphatic heterocycles. The molecule has 0 bridgehead atoms. The van der Waals surface area contributed by atoms with Gasteiger partial charge in [0.05, 0.1) is 0 Å². The minimum Gasteiger partial charge on any atom is -3.00 e. The largest absolute Gasteiger partial charge is 3.00 e. The Balaban J connectivity index is 0. The van der Waals surface area contributed by atoms with Crippen LogP contribution in [0.25, 0.3) is 0 Å². The van der Waals surface area contributed by atoms with Crippen molar-refractivity contribution in [1.82, 2.24) is 0 Å². The summed E-state index contributed by atoms with van der Waals surface area (Å²) in [4.78, 5) is 0. The smallest absolute Gasteiger partial charge is 3.00 e. The van der Waals surface area contributed by atoms with Crippen LogP contribution in [0, 0.1) is 0 Å². The van der Waals surface area contributed by atoms with Crippen LogP contribution >= 0.6 is 0 Å². The van der Waals surface area contributed by atoms with Crippen molar-refractivity contribution in [3.63, 3.8) is 0 Å². The fourth-order valence-electron chi connectivity index (χ4n) is 0. The Kier molecular flexibility index (Phi) is 294. The molecule has 0 N–H and O–H groups in total. The third-order valence-electron chi connectivity index (χ3n) is 0. The van der Waals surface area contributed by atoms with E-state index >= 15 is 0 Å². The molecular weight excluding hydrogens is 471 g/mol. The zero-order chi connectivity index (χ0) is 0. The molecule has 0 nitrogen and oxygen atoms in total. The van der Waals surface area contributed by atoms with E-state index in [0.29, 0.717) is 0 Å². The van der Waals surface area contributed by atoms with Crippen LogP contribution in [0.3, 0.4) is 0 Å². The fraction of sp³-hybridized carbons (Fsp3) is 0. The van der Waals surface area contributed by atoms with Crippen molar-refractivity contribution in [2.75, 3.05) is 0 Å². The van der Waals surface area contributed by atoms with E-state index in [9.17, 15) is 0 Å². The van der Waals surface area contributed by atoms with Crippen LogP contribution in [0.15, 0.2) is 0 Å². The van der Waals surface area contributed by atoms with E-state index in [1.165, 1.54) is 0 Å². The standard InChI is InChI=1S/Al.As.2Ga.2In/q2*-3;2*+3;;. The van der Waals surface area contributed by atoms with Gasteiger partial charge in [-0.05, 0) is 0 Å². The van der Waals surface area contributed by atoms with E-state index in [1.807, 2.05) is 0 Å². The maximum absolute atomic E-state index is 0. The Morgan fingerprint density at radius 2 is 0.667 bits per heavy atom. The number of hydrogen-bond acceptors (Lipinski definition) is 0. The molecule has 0 amide bonds. The van der Waals surface area contributed by atoms with Crippen molar-refractivity contribution in [1.29, 1.82) is 0 Å². The van der Waals surface area contributed by atoms with E-state index in [4.69, 9.17) is 0 Å². The molecule has 0 heterocycles. The van der Waals surface area contributed by atoms with Gasteiger partial charge in [0.1, 0.15) is 0 Å². The average molecular weight is 471 g/mol. The molecule has 6 heteroatoms. The second-order valence-corrected chi connectivity index (χ2v) is 0. The molecule has 20 valence electrons. The molecule has 0 saturated heterocycles. The molecule has 0 atom stereocenters. The second kappa shape index (κ2) is 35.5. The van der Waals surface area contributed by atoms with Crippen molar-refractivity contribution >= 4 is 127 Å². The van der Waals surface area contributed by atoms with Crippen LogP contribution in [0.5, 0.6) is 0 Å². The van der Waals surface area contributed by atoms with Crippen molar-refractivity contribution in [3.8, 4) is 0 Å². The second-order valence-electron chi connectivity index (χ2n) is 0. The molecule has 0 unspecified atom stereocenters. The number of rotatable bonds is 0. The SMILES string of the molecule is [Al-3].[As-3].[Ga+3].[Ga+3].[In].[In]. The van der Waals surface area contributed by atoms with Crippen molar-refractivity contribution in [2.24, 2.45) is 0 Å². The van der Waals surface area contributed by atoms with Gasteiger partial charge in [-0.1, -0.05) is 0 Å².